The molecule has 1 heterocycles. The van der Waals surface area contributed by atoms with E-state index in [2.05, 4.69) is 4.74 Å². The van der Waals surface area contributed by atoms with Crippen LogP contribution in [0.2, 0.25) is 0 Å². The van der Waals surface area contributed by atoms with Crippen molar-refractivity contribution in [2.45, 2.75) is 18.9 Å². The minimum atomic E-state index is -4.67. The largest absolute Gasteiger partial charge is 0.573 e. The molecule has 3 nitrogen and oxygen atoms in total. The lowest BCUT2D eigenvalue weighted by Crippen LogP contribution is -2.17. The van der Waals surface area contributed by atoms with Gasteiger partial charge in [0.15, 0.2) is 0 Å². The van der Waals surface area contributed by atoms with E-state index in [1.54, 1.807) is 0 Å². The number of epoxide rings is 1. The Hall–Kier alpha value is -1.43. The van der Waals surface area contributed by atoms with Gasteiger partial charge >= 0.3 is 6.36 Å². The summed E-state index contributed by atoms with van der Waals surface area (Å²) in [5.41, 5.74) is -0.249. The summed E-state index contributed by atoms with van der Waals surface area (Å²) in [6.07, 6.45) is -4.67. The number of alkyl halides is 3. The summed E-state index contributed by atoms with van der Waals surface area (Å²) >= 11 is 0. The van der Waals surface area contributed by atoms with Crippen molar-refractivity contribution in [3.05, 3.63) is 24.3 Å². The van der Waals surface area contributed by atoms with Gasteiger partial charge in [0.2, 0.25) is 0 Å². The summed E-state index contributed by atoms with van der Waals surface area (Å²) in [4.78, 5) is 0. The van der Waals surface area contributed by atoms with Crippen molar-refractivity contribution < 1.29 is 27.4 Å². The molecule has 0 aliphatic carbocycles. The van der Waals surface area contributed by atoms with Gasteiger partial charge in [-0.15, -0.1) is 13.2 Å². The molecular formula is C11H11F3O3. The van der Waals surface area contributed by atoms with Gasteiger partial charge in [0.1, 0.15) is 23.7 Å². The number of hydrogen-bond acceptors (Lipinski definition) is 3. The third kappa shape index (κ3) is 3.81. The first-order valence-corrected chi connectivity index (χ1v) is 4.99. The van der Waals surface area contributed by atoms with Crippen LogP contribution in [0.25, 0.3) is 0 Å². The van der Waals surface area contributed by atoms with Gasteiger partial charge in [-0.25, -0.2) is 0 Å². The standard InChI is InChI=1S/C11H11F3O3/c1-10(7-16-10)6-15-8-2-4-9(5-3-8)17-11(12,13)14/h2-5H,6-7H2,1H3/t10-/m0/s1. The minimum Gasteiger partial charge on any atom is -0.490 e. The van der Waals surface area contributed by atoms with Crippen molar-refractivity contribution in [3.8, 4) is 11.5 Å². The zero-order valence-electron chi connectivity index (χ0n) is 9.08. The fraction of sp³-hybridized carbons (Fsp3) is 0.455. The molecule has 0 spiro atoms. The van der Waals surface area contributed by atoms with Crippen LogP contribution < -0.4 is 9.47 Å². The van der Waals surface area contributed by atoms with Crippen LogP contribution in [0.3, 0.4) is 0 Å². The Labute approximate surface area is 96.1 Å². The fourth-order valence-electron chi connectivity index (χ4n) is 1.18. The van der Waals surface area contributed by atoms with Crippen molar-refractivity contribution in [3.63, 3.8) is 0 Å². The van der Waals surface area contributed by atoms with Crippen LogP contribution in [0, 0.1) is 0 Å². The van der Waals surface area contributed by atoms with Gasteiger partial charge in [0.05, 0.1) is 6.61 Å². The first kappa shape index (κ1) is 12.0. The van der Waals surface area contributed by atoms with E-state index < -0.39 is 6.36 Å². The summed E-state index contributed by atoms with van der Waals surface area (Å²) in [7, 11) is 0. The molecule has 6 heteroatoms. The highest BCUT2D eigenvalue weighted by Crippen LogP contribution is 2.28. The molecule has 1 atom stereocenters. The number of ether oxygens (including phenoxy) is 3. The molecule has 1 fully saturated rings. The molecule has 1 aliphatic heterocycles. The van der Waals surface area contributed by atoms with E-state index in [0.29, 0.717) is 19.0 Å². The molecule has 0 saturated carbocycles. The molecule has 1 aliphatic rings. The van der Waals surface area contributed by atoms with Crippen LogP contribution in [-0.2, 0) is 4.74 Å². The minimum absolute atomic E-state index is 0.249. The molecule has 2 rings (SSSR count). The van der Waals surface area contributed by atoms with Gasteiger partial charge in [-0.2, -0.15) is 0 Å². The van der Waals surface area contributed by atoms with Crippen LogP contribution in [0.15, 0.2) is 24.3 Å². The molecule has 0 aromatic heterocycles. The van der Waals surface area contributed by atoms with Gasteiger partial charge in [0, 0.05) is 0 Å². The normalized spacial score (nSPS) is 23.3. The van der Waals surface area contributed by atoms with Crippen LogP contribution in [0.4, 0.5) is 13.2 Å². The van der Waals surface area contributed by atoms with E-state index in [0.717, 1.165) is 0 Å². The Kier molecular flexibility index (Phi) is 2.91. The lowest BCUT2D eigenvalue weighted by molar-refractivity contribution is -0.274. The van der Waals surface area contributed by atoms with Crippen molar-refractivity contribution in [1.29, 1.82) is 0 Å². The van der Waals surface area contributed by atoms with Crippen molar-refractivity contribution in [1.82, 2.24) is 0 Å². The molecule has 94 valence electrons. The van der Waals surface area contributed by atoms with Crippen LogP contribution in [-0.4, -0.2) is 25.2 Å². The predicted octanol–water partition coefficient (Wildman–Crippen LogP) is 2.75. The van der Waals surface area contributed by atoms with E-state index in [1.165, 1.54) is 24.3 Å². The summed E-state index contributed by atoms with van der Waals surface area (Å²) in [5.74, 6) is 0.218. The summed E-state index contributed by atoms with van der Waals surface area (Å²) in [5, 5.41) is 0. The molecule has 17 heavy (non-hydrogen) atoms. The van der Waals surface area contributed by atoms with Crippen molar-refractivity contribution >= 4 is 0 Å². The second-order valence-corrected chi connectivity index (χ2v) is 4.05. The summed E-state index contributed by atoms with van der Waals surface area (Å²) in [6, 6.07) is 5.26. The third-order valence-corrected chi connectivity index (χ3v) is 2.24. The second-order valence-electron chi connectivity index (χ2n) is 4.05. The van der Waals surface area contributed by atoms with E-state index in [1.807, 2.05) is 6.92 Å². The first-order chi connectivity index (χ1) is 7.86. The molecule has 0 radical (unpaired) electrons. The smallest absolute Gasteiger partial charge is 0.490 e. The number of benzene rings is 1. The van der Waals surface area contributed by atoms with E-state index in [9.17, 15) is 13.2 Å². The Balaban J connectivity index is 1.89. The summed E-state index contributed by atoms with van der Waals surface area (Å²) < 4.78 is 49.9. The van der Waals surface area contributed by atoms with Crippen LogP contribution in [0.5, 0.6) is 11.5 Å². The van der Waals surface area contributed by atoms with Crippen LogP contribution in [0.1, 0.15) is 6.92 Å². The highest BCUT2D eigenvalue weighted by molar-refractivity contribution is 5.31. The molecular weight excluding hydrogens is 237 g/mol. The molecule has 0 amide bonds. The van der Waals surface area contributed by atoms with Gasteiger partial charge in [-0.1, -0.05) is 0 Å². The molecule has 1 saturated heterocycles. The van der Waals surface area contributed by atoms with Gasteiger partial charge in [-0.3, -0.25) is 0 Å². The number of rotatable bonds is 4. The highest BCUT2D eigenvalue weighted by Gasteiger charge is 2.40. The molecule has 1 aromatic carbocycles. The Bertz CT molecular complexity index is 382. The van der Waals surface area contributed by atoms with Crippen molar-refractivity contribution in [2.75, 3.05) is 13.2 Å². The Morgan fingerprint density at radius 1 is 1.24 bits per heavy atom. The number of hydrogen-bond donors (Lipinski definition) is 0. The maximum atomic E-state index is 11.9. The van der Waals surface area contributed by atoms with E-state index in [4.69, 9.17) is 9.47 Å². The van der Waals surface area contributed by atoms with Gasteiger partial charge in [-0.05, 0) is 31.2 Å². The monoisotopic (exact) mass is 248 g/mol. The number of halogens is 3. The van der Waals surface area contributed by atoms with Crippen molar-refractivity contribution in [2.24, 2.45) is 0 Å². The molecule has 0 N–H and O–H groups in total. The van der Waals surface area contributed by atoms with Gasteiger partial charge in [0.25, 0.3) is 0 Å². The molecule has 1 aromatic rings. The third-order valence-electron chi connectivity index (χ3n) is 2.24. The predicted molar refractivity (Wildman–Crippen MR) is 53.0 cm³/mol. The van der Waals surface area contributed by atoms with Gasteiger partial charge < -0.3 is 14.2 Å². The first-order valence-electron chi connectivity index (χ1n) is 4.99. The second kappa shape index (κ2) is 4.10. The SMILES string of the molecule is C[C@]1(COc2ccc(OC(F)(F)F)cc2)CO1. The Morgan fingerprint density at radius 2 is 1.76 bits per heavy atom. The zero-order valence-corrected chi connectivity index (χ0v) is 9.08. The lowest BCUT2D eigenvalue weighted by atomic mass is 10.2. The molecule has 0 bridgehead atoms. The summed E-state index contributed by atoms with van der Waals surface area (Å²) in [6.45, 7) is 2.92. The quantitative estimate of drug-likeness (QED) is 0.768. The zero-order chi connectivity index (χ0) is 12.5. The maximum Gasteiger partial charge on any atom is 0.573 e. The lowest BCUT2D eigenvalue weighted by Gasteiger charge is -2.11. The van der Waals surface area contributed by atoms with E-state index in [-0.39, 0.29) is 11.4 Å². The Morgan fingerprint density at radius 3 is 2.24 bits per heavy atom. The maximum absolute atomic E-state index is 11.9. The van der Waals surface area contributed by atoms with Crippen LogP contribution >= 0.6 is 0 Å². The highest BCUT2D eigenvalue weighted by atomic mass is 19.4. The van der Waals surface area contributed by atoms with E-state index >= 15 is 0 Å². The average molecular weight is 248 g/mol. The fourth-order valence-corrected chi connectivity index (χ4v) is 1.18. The average Bonchev–Trinajstić information content (AvgIpc) is 2.94. The molecule has 0 unspecified atom stereocenters. The topological polar surface area (TPSA) is 31.0 Å².